The molecular formula is C10H14BrNO2S. The molecule has 0 spiro atoms. The van der Waals surface area contributed by atoms with Crippen LogP contribution in [0.2, 0.25) is 0 Å². The van der Waals surface area contributed by atoms with Crippen molar-refractivity contribution in [3.05, 3.63) is 28.2 Å². The van der Waals surface area contributed by atoms with E-state index in [-0.39, 0.29) is 6.61 Å². The van der Waals surface area contributed by atoms with Gasteiger partial charge in [0.2, 0.25) is 0 Å². The van der Waals surface area contributed by atoms with Crippen LogP contribution in [-0.4, -0.2) is 28.7 Å². The van der Waals surface area contributed by atoms with Gasteiger partial charge in [-0.25, -0.2) is 0 Å². The number of rotatable bonds is 5. The fourth-order valence-electron chi connectivity index (χ4n) is 1.12. The minimum atomic E-state index is -0.639. The molecule has 0 aliphatic heterocycles. The molecule has 0 bridgehead atoms. The van der Waals surface area contributed by atoms with Crippen LogP contribution >= 0.6 is 27.7 Å². The van der Waals surface area contributed by atoms with Crippen LogP contribution in [0, 0.1) is 0 Å². The van der Waals surface area contributed by atoms with Crippen molar-refractivity contribution in [3.63, 3.8) is 0 Å². The van der Waals surface area contributed by atoms with E-state index < -0.39 is 6.10 Å². The molecule has 0 saturated carbocycles. The van der Waals surface area contributed by atoms with E-state index in [1.807, 2.05) is 18.2 Å². The SMILES string of the molecule is Nc1cc(Br)cc(CSCC(O)CO)c1. The quantitative estimate of drug-likeness (QED) is 0.721. The third-order valence-corrected chi connectivity index (χ3v) is 3.39. The van der Waals surface area contributed by atoms with Gasteiger partial charge in [0.05, 0.1) is 12.7 Å². The van der Waals surface area contributed by atoms with E-state index in [9.17, 15) is 0 Å². The zero-order chi connectivity index (χ0) is 11.3. The van der Waals surface area contributed by atoms with Crippen molar-refractivity contribution in [1.82, 2.24) is 0 Å². The second-order valence-corrected chi connectivity index (χ2v) is 5.19. The zero-order valence-corrected chi connectivity index (χ0v) is 10.6. The lowest BCUT2D eigenvalue weighted by Crippen LogP contribution is -2.14. The molecule has 3 nitrogen and oxygen atoms in total. The first-order valence-electron chi connectivity index (χ1n) is 4.53. The molecule has 0 heterocycles. The van der Waals surface area contributed by atoms with Crippen molar-refractivity contribution in [2.45, 2.75) is 11.9 Å². The average Bonchev–Trinajstić information content (AvgIpc) is 2.16. The molecular weight excluding hydrogens is 278 g/mol. The second-order valence-electron chi connectivity index (χ2n) is 3.24. The maximum Gasteiger partial charge on any atom is 0.0861 e. The summed E-state index contributed by atoms with van der Waals surface area (Å²) in [5.74, 6) is 1.31. The van der Waals surface area contributed by atoms with Gasteiger partial charge in [-0.2, -0.15) is 11.8 Å². The third-order valence-electron chi connectivity index (χ3n) is 1.77. The minimum Gasteiger partial charge on any atom is -0.399 e. The van der Waals surface area contributed by atoms with Crippen LogP contribution in [0.1, 0.15) is 5.56 Å². The van der Waals surface area contributed by atoms with Crippen molar-refractivity contribution in [2.24, 2.45) is 0 Å². The summed E-state index contributed by atoms with van der Waals surface area (Å²) in [6, 6.07) is 5.74. The number of anilines is 1. The predicted molar refractivity (Wildman–Crippen MR) is 67.8 cm³/mol. The van der Waals surface area contributed by atoms with Crippen LogP contribution in [0.5, 0.6) is 0 Å². The molecule has 0 aliphatic carbocycles. The number of benzene rings is 1. The van der Waals surface area contributed by atoms with Crippen LogP contribution in [0.3, 0.4) is 0 Å². The summed E-state index contributed by atoms with van der Waals surface area (Å²) in [6.45, 7) is -0.187. The minimum absolute atomic E-state index is 0.187. The Labute approximate surface area is 102 Å². The van der Waals surface area contributed by atoms with E-state index in [0.717, 1.165) is 21.5 Å². The molecule has 5 heteroatoms. The molecule has 1 unspecified atom stereocenters. The standard InChI is InChI=1S/C10H14BrNO2S/c11-8-1-7(2-9(12)3-8)5-15-6-10(14)4-13/h1-3,10,13-14H,4-6,12H2. The van der Waals surface area contributed by atoms with Crippen LogP contribution in [-0.2, 0) is 5.75 Å². The number of aliphatic hydroxyl groups is 2. The highest BCUT2D eigenvalue weighted by Crippen LogP contribution is 2.21. The van der Waals surface area contributed by atoms with Gasteiger partial charge in [0.1, 0.15) is 0 Å². The molecule has 0 saturated heterocycles. The van der Waals surface area contributed by atoms with Gasteiger partial charge in [-0.15, -0.1) is 0 Å². The second kappa shape index (κ2) is 6.37. The molecule has 4 N–H and O–H groups in total. The molecule has 0 fully saturated rings. The summed E-state index contributed by atoms with van der Waals surface area (Å²) in [5.41, 5.74) is 7.52. The van der Waals surface area contributed by atoms with Gasteiger partial charge < -0.3 is 15.9 Å². The average molecular weight is 292 g/mol. The maximum atomic E-state index is 9.14. The molecule has 1 atom stereocenters. The van der Waals surface area contributed by atoms with Gasteiger partial charge in [-0.1, -0.05) is 15.9 Å². The molecule has 0 amide bonds. The van der Waals surface area contributed by atoms with Gasteiger partial charge in [0.15, 0.2) is 0 Å². The Morgan fingerprint density at radius 3 is 2.73 bits per heavy atom. The van der Waals surface area contributed by atoms with Gasteiger partial charge in [0.25, 0.3) is 0 Å². The first-order chi connectivity index (χ1) is 7.11. The summed E-state index contributed by atoms with van der Waals surface area (Å²) in [7, 11) is 0. The van der Waals surface area contributed by atoms with E-state index in [1.165, 1.54) is 0 Å². The van der Waals surface area contributed by atoms with Crippen LogP contribution in [0.4, 0.5) is 5.69 Å². The summed E-state index contributed by atoms with van der Waals surface area (Å²) >= 11 is 4.94. The van der Waals surface area contributed by atoms with Crippen molar-refractivity contribution >= 4 is 33.4 Å². The third kappa shape index (κ3) is 4.88. The predicted octanol–water partition coefficient (Wildman–Crippen LogP) is 1.62. The van der Waals surface area contributed by atoms with E-state index in [4.69, 9.17) is 15.9 Å². The lowest BCUT2D eigenvalue weighted by atomic mass is 10.2. The summed E-state index contributed by atoms with van der Waals surface area (Å²) < 4.78 is 0.959. The molecule has 0 aromatic heterocycles. The van der Waals surface area contributed by atoms with E-state index in [0.29, 0.717) is 5.75 Å². The first-order valence-corrected chi connectivity index (χ1v) is 6.48. The molecule has 0 aliphatic rings. The molecule has 1 aromatic carbocycles. The fourth-order valence-corrected chi connectivity index (χ4v) is 2.58. The zero-order valence-electron chi connectivity index (χ0n) is 8.19. The Kier molecular flexibility index (Phi) is 5.45. The molecule has 1 rings (SSSR count). The molecule has 15 heavy (non-hydrogen) atoms. The van der Waals surface area contributed by atoms with Crippen molar-refractivity contribution in [2.75, 3.05) is 18.1 Å². The molecule has 1 aromatic rings. The number of thioether (sulfide) groups is 1. The molecule has 0 radical (unpaired) electrons. The lowest BCUT2D eigenvalue weighted by molar-refractivity contribution is 0.113. The Bertz CT molecular complexity index is 302. The Morgan fingerprint density at radius 1 is 1.40 bits per heavy atom. The van der Waals surface area contributed by atoms with Crippen molar-refractivity contribution in [1.29, 1.82) is 0 Å². The topological polar surface area (TPSA) is 66.5 Å². The van der Waals surface area contributed by atoms with E-state index in [1.54, 1.807) is 11.8 Å². The molecule has 84 valence electrons. The Morgan fingerprint density at radius 2 is 2.13 bits per heavy atom. The maximum absolute atomic E-state index is 9.14. The van der Waals surface area contributed by atoms with E-state index >= 15 is 0 Å². The number of hydrogen-bond donors (Lipinski definition) is 3. The monoisotopic (exact) mass is 291 g/mol. The smallest absolute Gasteiger partial charge is 0.0861 e. The van der Waals surface area contributed by atoms with E-state index in [2.05, 4.69) is 15.9 Å². The summed E-state index contributed by atoms with van der Waals surface area (Å²) in [6.07, 6.45) is -0.639. The Hall–Kier alpha value is -0.230. The van der Waals surface area contributed by atoms with Crippen molar-refractivity contribution in [3.8, 4) is 0 Å². The number of nitrogens with two attached hydrogens (primary N) is 1. The van der Waals surface area contributed by atoms with Crippen molar-refractivity contribution < 1.29 is 10.2 Å². The van der Waals surface area contributed by atoms with Crippen LogP contribution in [0.15, 0.2) is 22.7 Å². The highest BCUT2D eigenvalue weighted by atomic mass is 79.9. The van der Waals surface area contributed by atoms with Crippen LogP contribution in [0.25, 0.3) is 0 Å². The van der Waals surface area contributed by atoms with Gasteiger partial charge in [-0.05, 0) is 23.8 Å². The van der Waals surface area contributed by atoms with Crippen LogP contribution < -0.4 is 5.73 Å². The lowest BCUT2D eigenvalue weighted by Gasteiger charge is -2.07. The van der Waals surface area contributed by atoms with Gasteiger partial charge in [0, 0.05) is 21.7 Å². The number of nitrogen functional groups attached to an aromatic ring is 1. The first kappa shape index (κ1) is 12.8. The normalized spacial score (nSPS) is 12.7. The number of halogens is 1. The largest absolute Gasteiger partial charge is 0.399 e. The Balaban J connectivity index is 2.43. The fraction of sp³-hybridized carbons (Fsp3) is 0.400. The van der Waals surface area contributed by atoms with Gasteiger partial charge >= 0.3 is 0 Å². The van der Waals surface area contributed by atoms with Gasteiger partial charge in [-0.3, -0.25) is 0 Å². The highest BCUT2D eigenvalue weighted by Gasteiger charge is 2.03. The summed E-state index contributed by atoms with van der Waals surface area (Å²) in [5, 5.41) is 17.8. The number of aliphatic hydroxyl groups excluding tert-OH is 2. The summed E-state index contributed by atoms with van der Waals surface area (Å²) in [4.78, 5) is 0. The number of hydrogen-bond acceptors (Lipinski definition) is 4. The highest BCUT2D eigenvalue weighted by molar-refractivity contribution is 9.10.